The first-order chi connectivity index (χ1) is 29.0. The number of benzene rings is 7. The molecule has 0 unspecified atom stereocenters. The Labute approximate surface area is 327 Å². The van der Waals surface area contributed by atoms with Gasteiger partial charge in [0.2, 0.25) is 0 Å². The first-order valence-electron chi connectivity index (χ1n) is 20.9. The van der Waals surface area contributed by atoms with E-state index in [1.807, 2.05) is 72.8 Å². The van der Waals surface area contributed by atoms with Crippen molar-refractivity contribution in [3.63, 3.8) is 0 Å². The highest BCUT2D eigenvalue weighted by atomic mass is 32.1. The van der Waals surface area contributed by atoms with Gasteiger partial charge >= 0.3 is 0 Å². The summed E-state index contributed by atoms with van der Waals surface area (Å²) in [5.74, 6) is 0.629. The first-order valence-corrected chi connectivity index (χ1v) is 19.5. The van der Waals surface area contributed by atoms with E-state index in [1.54, 1.807) is 40.9 Å². The van der Waals surface area contributed by atoms with E-state index in [1.165, 1.54) is 15.5 Å². The van der Waals surface area contributed by atoms with Gasteiger partial charge < -0.3 is 4.57 Å². The van der Waals surface area contributed by atoms with Gasteiger partial charge in [0, 0.05) is 71.2 Å². The van der Waals surface area contributed by atoms with Crippen LogP contribution < -0.4 is 0 Å². The van der Waals surface area contributed by atoms with E-state index in [-0.39, 0.29) is 5.56 Å². The fraction of sp³-hybridized carbons (Fsp3) is 0.0612. The second kappa shape index (κ2) is 11.0. The molecular weight excluding hydrogens is 695 g/mol. The average Bonchev–Trinajstić information content (AvgIpc) is 3.92. The van der Waals surface area contributed by atoms with E-state index < -0.39 is 19.1 Å². The van der Waals surface area contributed by atoms with Crippen molar-refractivity contribution in [2.45, 2.75) is 19.1 Å². The van der Waals surface area contributed by atoms with Gasteiger partial charge in [-0.25, -0.2) is 9.97 Å². The van der Waals surface area contributed by atoms with Crippen molar-refractivity contribution in [1.29, 1.82) is 0 Å². The molecule has 0 saturated carbocycles. The number of rotatable bonds is 3. The standard InChI is InChI=1S/C49H31N3S2/c1-49(2)37-20-11-18-35-43-34-16-5-8-23-42(34)54-48(43)52(45(35)37)40-25-24-29(27-38(40)49)28-12-9-13-30(26-28)44-33-15-3-6-21-39(33)50-47(51-44)36-19-10-17-32-31-14-4-7-22-41(31)53-46(32)36/h3-27H,1-2H3/i1D3,2D3. The molecule has 0 N–H and O–H groups in total. The summed E-state index contributed by atoms with van der Waals surface area (Å²) >= 11 is 3.37. The lowest BCUT2D eigenvalue weighted by Gasteiger charge is -2.35. The molecule has 3 nitrogen and oxygen atoms in total. The zero-order valence-corrected chi connectivity index (χ0v) is 30.2. The van der Waals surface area contributed by atoms with Crippen LogP contribution in [0, 0.1) is 0 Å². The maximum absolute atomic E-state index is 9.12. The second-order valence-corrected chi connectivity index (χ2v) is 16.2. The SMILES string of the molecule is [2H]C([2H])([2H])C1(C([2H])([2H])[2H])c2cc(-c3cccc(-c4nc(-c5cccc6c5sc5ccccc56)nc5ccccc45)c3)ccc2-n2c3sc4ccccc4c3c3cccc1c32. The second-order valence-electron chi connectivity index (χ2n) is 14.1. The Morgan fingerprint density at radius 2 is 1.26 bits per heavy atom. The normalized spacial score (nSPS) is 15.6. The number of fused-ring (bicyclic) bond motifs is 11. The van der Waals surface area contributed by atoms with Gasteiger partial charge in [0.15, 0.2) is 5.82 Å². The molecular formula is C49H31N3S2. The predicted molar refractivity (Wildman–Crippen MR) is 231 cm³/mol. The van der Waals surface area contributed by atoms with E-state index in [0.717, 1.165) is 63.7 Å². The average molecular weight is 732 g/mol. The van der Waals surface area contributed by atoms with Gasteiger partial charge in [0.05, 0.1) is 22.4 Å². The Kier molecular flexibility index (Phi) is 5.07. The Bertz CT molecular complexity index is 3600. The van der Waals surface area contributed by atoms with Crippen molar-refractivity contribution in [1.82, 2.24) is 14.5 Å². The van der Waals surface area contributed by atoms with Crippen molar-refractivity contribution < 1.29 is 8.22 Å². The maximum atomic E-state index is 9.12. The van der Waals surface area contributed by atoms with Crippen LogP contribution in [0.5, 0.6) is 0 Å². The highest BCUT2D eigenvalue weighted by Gasteiger charge is 2.36. The first kappa shape index (κ1) is 25.0. The molecule has 254 valence electrons. The summed E-state index contributed by atoms with van der Waals surface area (Å²) in [7, 11) is 0. The summed E-state index contributed by atoms with van der Waals surface area (Å²) < 4.78 is 60.3. The van der Waals surface area contributed by atoms with Gasteiger partial charge in [-0.1, -0.05) is 123 Å². The number of hydrogen-bond acceptors (Lipinski definition) is 4. The largest absolute Gasteiger partial charge is 0.300 e. The maximum Gasteiger partial charge on any atom is 0.161 e. The highest BCUT2D eigenvalue weighted by Crippen LogP contribution is 2.51. The van der Waals surface area contributed by atoms with Crippen LogP contribution in [-0.4, -0.2) is 14.5 Å². The van der Waals surface area contributed by atoms with Crippen LogP contribution >= 0.6 is 22.7 Å². The van der Waals surface area contributed by atoms with Crippen LogP contribution in [0.2, 0.25) is 0 Å². The summed E-state index contributed by atoms with van der Waals surface area (Å²) in [5, 5.41) is 6.18. The minimum absolute atomic E-state index is 0.256. The minimum Gasteiger partial charge on any atom is -0.300 e. The Morgan fingerprint density at radius 1 is 0.556 bits per heavy atom. The van der Waals surface area contributed by atoms with Crippen LogP contribution in [0.25, 0.3) is 102 Å². The van der Waals surface area contributed by atoms with Gasteiger partial charge in [-0.3, -0.25) is 0 Å². The highest BCUT2D eigenvalue weighted by molar-refractivity contribution is 7.26. The Morgan fingerprint density at radius 3 is 2.15 bits per heavy atom. The lowest BCUT2D eigenvalue weighted by Crippen LogP contribution is -2.26. The van der Waals surface area contributed by atoms with Crippen molar-refractivity contribution in [2.24, 2.45) is 0 Å². The molecule has 7 aromatic carbocycles. The molecule has 5 heteroatoms. The van der Waals surface area contributed by atoms with Gasteiger partial charge in [-0.05, 0) is 64.7 Å². The van der Waals surface area contributed by atoms with E-state index in [9.17, 15) is 0 Å². The van der Waals surface area contributed by atoms with E-state index in [2.05, 4.69) is 65.2 Å². The lowest BCUT2D eigenvalue weighted by molar-refractivity contribution is 0.630. The summed E-state index contributed by atoms with van der Waals surface area (Å²) in [6.07, 6.45) is 0. The number of aromatic nitrogens is 3. The van der Waals surface area contributed by atoms with Gasteiger partial charge in [-0.15, -0.1) is 22.7 Å². The van der Waals surface area contributed by atoms with Crippen LogP contribution in [0.1, 0.15) is 33.1 Å². The molecule has 0 amide bonds. The molecule has 0 aliphatic carbocycles. The fourth-order valence-corrected chi connectivity index (χ4v) is 11.1. The molecule has 4 aromatic heterocycles. The van der Waals surface area contributed by atoms with Gasteiger partial charge in [0.25, 0.3) is 0 Å². The molecule has 0 radical (unpaired) electrons. The third kappa shape index (κ3) is 4.11. The summed E-state index contributed by atoms with van der Waals surface area (Å²) in [6, 6.07) is 50.1. The monoisotopic (exact) mass is 731 g/mol. The molecule has 0 saturated heterocycles. The summed E-state index contributed by atoms with van der Waals surface area (Å²) in [6.45, 7) is -5.86. The number of hydrogen-bond donors (Lipinski definition) is 0. The van der Waals surface area contributed by atoms with E-state index in [0.29, 0.717) is 28.2 Å². The molecule has 0 atom stereocenters. The summed E-state index contributed by atoms with van der Waals surface area (Å²) in [5.41, 5.74) is 4.36. The van der Waals surface area contributed by atoms with E-state index in [4.69, 9.17) is 18.2 Å². The summed E-state index contributed by atoms with van der Waals surface area (Å²) in [4.78, 5) is 11.3. The molecule has 54 heavy (non-hydrogen) atoms. The molecule has 0 fully saturated rings. The molecule has 1 aliphatic heterocycles. The fourth-order valence-electron chi connectivity index (χ4n) is 8.61. The number of thiophene rings is 2. The van der Waals surface area contributed by atoms with Gasteiger partial charge in [-0.2, -0.15) is 0 Å². The van der Waals surface area contributed by atoms with E-state index >= 15 is 0 Å². The predicted octanol–water partition coefficient (Wildman–Crippen LogP) is 13.9. The van der Waals surface area contributed by atoms with Crippen molar-refractivity contribution >= 4 is 85.0 Å². The lowest BCUT2D eigenvalue weighted by atomic mass is 9.74. The van der Waals surface area contributed by atoms with Crippen LogP contribution in [-0.2, 0) is 5.41 Å². The molecule has 1 aliphatic rings. The zero-order valence-electron chi connectivity index (χ0n) is 34.6. The molecule has 5 heterocycles. The number of nitrogens with zero attached hydrogens (tertiary/aromatic N) is 3. The molecule has 11 aromatic rings. The van der Waals surface area contributed by atoms with Crippen LogP contribution in [0.15, 0.2) is 152 Å². The Hall–Kier alpha value is -6.14. The quantitative estimate of drug-likeness (QED) is 0.181. The Balaban J connectivity index is 1.08. The van der Waals surface area contributed by atoms with Crippen LogP contribution in [0.3, 0.4) is 0 Å². The van der Waals surface area contributed by atoms with Gasteiger partial charge in [0.1, 0.15) is 4.83 Å². The molecule has 0 bridgehead atoms. The third-order valence-electron chi connectivity index (χ3n) is 11.1. The zero-order chi connectivity index (χ0) is 40.7. The van der Waals surface area contributed by atoms with Crippen molar-refractivity contribution in [3.05, 3.63) is 163 Å². The molecule has 12 rings (SSSR count). The topological polar surface area (TPSA) is 30.7 Å². The minimum atomic E-state index is -2.93. The smallest absolute Gasteiger partial charge is 0.161 e. The van der Waals surface area contributed by atoms with Crippen molar-refractivity contribution in [3.8, 4) is 39.5 Å². The molecule has 0 spiro atoms. The third-order valence-corrected chi connectivity index (χ3v) is 13.4. The van der Waals surface area contributed by atoms with Crippen molar-refractivity contribution in [2.75, 3.05) is 0 Å². The van der Waals surface area contributed by atoms with Crippen LogP contribution in [0.4, 0.5) is 0 Å². The number of para-hydroxylation sites is 2.